The molecular weight excluding hydrogens is 440 g/mol. The number of anilines is 2. The molecule has 3 aromatic heterocycles. The van der Waals surface area contributed by atoms with Gasteiger partial charge < -0.3 is 10.4 Å². The number of sulfonamides is 1. The van der Waals surface area contributed by atoms with Crippen molar-refractivity contribution in [3.63, 3.8) is 0 Å². The van der Waals surface area contributed by atoms with E-state index in [0.717, 1.165) is 29.9 Å². The van der Waals surface area contributed by atoms with Gasteiger partial charge >= 0.3 is 5.97 Å². The summed E-state index contributed by atoms with van der Waals surface area (Å²) in [5.74, 6) is 0.161. The molecule has 0 atom stereocenters. The monoisotopic (exact) mass is 462 g/mol. The van der Waals surface area contributed by atoms with Gasteiger partial charge in [-0.1, -0.05) is 0 Å². The number of thiophene rings is 1. The van der Waals surface area contributed by atoms with Crippen LogP contribution in [0.4, 0.5) is 11.6 Å². The van der Waals surface area contributed by atoms with Crippen LogP contribution in [0.3, 0.4) is 0 Å². The second-order valence-corrected chi connectivity index (χ2v) is 11.3. The van der Waals surface area contributed by atoms with Crippen LogP contribution in [-0.2, 0) is 10.0 Å². The number of aromatic nitrogens is 4. The second-order valence-electron chi connectivity index (χ2n) is 8.35. The molecule has 1 aliphatic rings. The summed E-state index contributed by atoms with van der Waals surface area (Å²) < 4.78 is 27.8. The van der Waals surface area contributed by atoms with E-state index in [4.69, 9.17) is 0 Å². The first-order valence-corrected chi connectivity index (χ1v) is 11.9. The third kappa shape index (κ3) is 5.09. The van der Waals surface area contributed by atoms with Crippen LogP contribution in [0, 0.1) is 0 Å². The molecule has 12 heteroatoms. The molecule has 4 N–H and O–H groups in total. The van der Waals surface area contributed by atoms with Crippen molar-refractivity contribution in [1.82, 2.24) is 24.9 Å². The minimum absolute atomic E-state index is 0.0950. The Labute approximate surface area is 183 Å². The first-order valence-electron chi connectivity index (χ1n) is 9.59. The Morgan fingerprint density at radius 1 is 1.19 bits per heavy atom. The Morgan fingerprint density at radius 2 is 1.94 bits per heavy atom. The Bertz CT molecular complexity index is 1240. The summed E-state index contributed by atoms with van der Waals surface area (Å²) in [6.07, 6.45) is 2.24. The molecule has 3 heterocycles. The van der Waals surface area contributed by atoms with Crippen LogP contribution in [0.25, 0.3) is 10.7 Å². The van der Waals surface area contributed by atoms with E-state index in [9.17, 15) is 18.3 Å². The van der Waals surface area contributed by atoms with Gasteiger partial charge in [0.2, 0.25) is 0 Å². The van der Waals surface area contributed by atoms with Crippen LogP contribution in [0.15, 0.2) is 28.5 Å². The van der Waals surface area contributed by atoms with Gasteiger partial charge in [-0.2, -0.15) is 5.10 Å². The van der Waals surface area contributed by atoms with Gasteiger partial charge in [0, 0.05) is 29.3 Å². The van der Waals surface area contributed by atoms with Crippen LogP contribution in [-0.4, -0.2) is 45.2 Å². The number of hydrogen-bond donors (Lipinski definition) is 4. The Morgan fingerprint density at radius 3 is 2.58 bits per heavy atom. The standard InChI is InChI=1S/C19H22N6O4S2/c1-19(2,3)25-31(28,29)16-7-6-13(30-16)17-20-12(18(26)27)9-14(22-17)21-15-8-11(23-24-15)10-4-5-10/h6-10,25H,4-5H2,1-3H3,(H,26,27)(H2,20,21,22,23,24). The summed E-state index contributed by atoms with van der Waals surface area (Å²) in [5.41, 5.74) is 0.175. The maximum absolute atomic E-state index is 12.6. The van der Waals surface area contributed by atoms with Crippen LogP contribution in [0.1, 0.15) is 55.7 Å². The van der Waals surface area contributed by atoms with Gasteiger partial charge in [-0.05, 0) is 45.7 Å². The molecule has 10 nitrogen and oxygen atoms in total. The number of hydrogen-bond acceptors (Lipinski definition) is 8. The Hall–Kier alpha value is -2.83. The van der Waals surface area contributed by atoms with E-state index < -0.39 is 21.5 Å². The van der Waals surface area contributed by atoms with Crippen LogP contribution in [0.5, 0.6) is 0 Å². The molecule has 3 aromatic rings. The molecule has 4 rings (SSSR count). The lowest BCUT2D eigenvalue weighted by atomic mass is 10.1. The molecule has 0 spiro atoms. The number of carboxylic acids is 1. The Kier molecular flexibility index (Phi) is 5.31. The maximum atomic E-state index is 12.6. The van der Waals surface area contributed by atoms with Gasteiger partial charge in [0.15, 0.2) is 17.3 Å². The van der Waals surface area contributed by atoms with Gasteiger partial charge in [0.1, 0.15) is 10.0 Å². The van der Waals surface area contributed by atoms with Crippen molar-refractivity contribution in [3.8, 4) is 10.7 Å². The summed E-state index contributed by atoms with van der Waals surface area (Å²) in [6.45, 7) is 5.25. The summed E-state index contributed by atoms with van der Waals surface area (Å²) in [6, 6.07) is 6.19. The molecule has 0 radical (unpaired) electrons. The SMILES string of the molecule is CC(C)(C)NS(=O)(=O)c1ccc(-c2nc(Nc3cc(C4CC4)[nH]n3)cc(C(=O)O)n2)s1. The fraction of sp³-hybridized carbons (Fsp3) is 0.368. The highest BCUT2D eigenvalue weighted by atomic mass is 32.2. The molecular formula is C19H22N6O4S2. The average molecular weight is 463 g/mol. The zero-order chi connectivity index (χ0) is 22.4. The largest absolute Gasteiger partial charge is 0.477 e. The summed E-state index contributed by atoms with van der Waals surface area (Å²) >= 11 is 0.967. The normalized spacial score (nSPS) is 14.5. The lowest BCUT2D eigenvalue weighted by Gasteiger charge is -2.19. The zero-order valence-corrected chi connectivity index (χ0v) is 18.8. The molecule has 0 aliphatic heterocycles. The van der Waals surface area contributed by atoms with Crippen LogP contribution >= 0.6 is 11.3 Å². The van der Waals surface area contributed by atoms with Crippen LogP contribution in [0.2, 0.25) is 0 Å². The van der Waals surface area contributed by atoms with Crippen molar-refractivity contribution in [2.45, 2.75) is 49.3 Å². The number of carbonyl (C=O) groups is 1. The van der Waals surface area contributed by atoms with Gasteiger partial charge in [0.25, 0.3) is 10.0 Å². The molecule has 1 fully saturated rings. The van der Waals surface area contributed by atoms with E-state index in [1.165, 1.54) is 12.1 Å². The zero-order valence-electron chi connectivity index (χ0n) is 17.1. The lowest BCUT2D eigenvalue weighted by Crippen LogP contribution is -2.40. The number of nitrogens with one attached hydrogen (secondary N) is 3. The number of carboxylic acid groups (broad SMARTS) is 1. The quantitative estimate of drug-likeness (QED) is 0.417. The van der Waals surface area contributed by atoms with Crippen molar-refractivity contribution in [2.24, 2.45) is 0 Å². The number of aromatic carboxylic acids is 1. The molecule has 1 aliphatic carbocycles. The number of H-pyrrole nitrogens is 1. The highest BCUT2D eigenvalue weighted by molar-refractivity contribution is 7.91. The van der Waals surface area contributed by atoms with Crippen molar-refractivity contribution in [1.29, 1.82) is 0 Å². The lowest BCUT2D eigenvalue weighted by molar-refractivity contribution is 0.0690. The van der Waals surface area contributed by atoms with E-state index in [2.05, 4.69) is 30.2 Å². The predicted molar refractivity (Wildman–Crippen MR) is 116 cm³/mol. The van der Waals surface area contributed by atoms with Crippen molar-refractivity contribution in [2.75, 3.05) is 5.32 Å². The number of aromatic amines is 1. The summed E-state index contributed by atoms with van der Waals surface area (Å²) in [4.78, 5) is 20.5. The fourth-order valence-corrected chi connectivity index (χ4v) is 5.56. The third-order valence-corrected chi connectivity index (χ3v) is 7.65. The predicted octanol–water partition coefficient (Wildman–Crippen LogP) is 3.32. The number of nitrogens with zero attached hydrogens (tertiary/aromatic N) is 3. The van der Waals surface area contributed by atoms with E-state index in [-0.39, 0.29) is 21.5 Å². The smallest absolute Gasteiger partial charge is 0.354 e. The van der Waals surface area contributed by atoms with E-state index in [1.54, 1.807) is 26.8 Å². The molecule has 31 heavy (non-hydrogen) atoms. The molecule has 0 amide bonds. The van der Waals surface area contributed by atoms with Crippen molar-refractivity contribution < 1.29 is 18.3 Å². The molecule has 0 bridgehead atoms. The first kappa shape index (κ1) is 21.4. The highest BCUT2D eigenvalue weighted by Gasteiger charge is 2.26. The van der Waals surface area contributed by atoms with E-state index in [0.29, 0.717) is 16.6 Å². The minimum Gasteiger partial charge on any atom is -0.477 e. The molecule has 0 saturated heterocycles. The van der Waals surface area contributed by atoms with Gasteiger partial charge in [-0.15, -0.1) is 11.3 Å². The van der Waals surface area contributed by atoms with E-state index in [1.807, 2.05) is 6.07 Å². The average Bonchev–Trinajstić information content (AvgIpc) is 3.19. The molecule has 0 unspecified atom stereocenters. The topological polar surface area (TPSA) is 150 Å². The Balaban J connectivity index is 1.65. The third-order valence-electron chi connectivity index (χ3n) is 4.32. The first-order chi connectivity index (χ1) is 14.5. The van der Waals surface area contributed by atoms with Crippen molar-refractivity contribution >= 4 is 39.0 Å². The summed E-state index contributed by atoms with van der Waals surface area (Å²) in [5, 5.41) is 19.6. The highest BCUT2D eigenvalue weighted by Crippen LogP contribution is 2.39. The van der Waals surface area contributed by atoms with Crippen molar-refractivity contribution in [3.05, 3.63) is 35.7 Å². The van der Waals surface area contributed by atoms with E-state index >= 15 is 0 Å². The van der Waals surface area contributed by atoms with Gasteiger partial charge in [0.05, 0.1) is 4.88 Å². The minimum atomic E-state index is -3.72. The maximum Gasteiger partial charge on any atom is 0.354 e. The molecule has 164 valence electrons. The number of rotatable bonds is 7. The van der Waals surface area contributed by atoms with Gasteiger partial charge in [-0.25, -0.2) is 27.9 Å². The van der Waals surface area contributed by atoms with Crippen LogP contribution < -0.4 is 10.0 Å². The molecule has 0 aromatic carbocycles. The second kappa shape index (κ2) is 7.70. The summed E-state index contributed by atoms with van der Waals surface area (Å²) in [7, 11) is -3.72. The fourth-order valence-electron chi connectivity index (χ4n) is 2.90. The molecule has 1 saturated carbocycles. The van der Waals surface area contributed by atoms with Gasteiger partial charge in [-0.3, -0.25) is 5.10 Å².